The first kappa shape index (κ1) is 16.7. The number of amides is 1. The van der Waals surface area contributed by atoms with E-state index in [1.165, 1.54) is 29.9 Å². The number of nitrogens with zero attached hydrogens (tertiary/aromatic N) is 3. The largest absolute Gasteiger partial charge is 0.330 e. The van der Waals surface area contributed by atoms with E-state index in [0.29, 0.717) is 24.6 Å². The summed E-state index contributed by atoms with van der Waals surface area (Å²) in [6, 6.07) is 1.46. The molecular formula is C19H19BrFN3OS. The van der Waals surface area contributed by atoms with Crippen molar-refractivity contribution in [1.29, 1.82) is 0 Å². The van der Waals surface area contributed by atoms with Crippen LogP contribution in [0.5, 0.6) is 0 Å². The molecule has 4 aliphatic rings. The van der Waals surface area contributed by atoms with Gasteiger partial charge in [-0.2, -0.15) is 4.39 Å². The van der Waals surface area contributed by atoms with E-state index in [9.17, 15) is 9.18 Å². The maximum absolute atomic E-state index is 13.6. The Morgan fingerprint density at radius 3 is 3.00 bits per heavy atom. The molecular weight excluding hydrogens is 417 g/mol. The fourth-order valence-corrected chi connectivity index (χ4v) is 5.56. The van der Waals surface area contributed by atoms with Crippen LogP contribution in [0.15, 0.2) is 34.7 Å². The number of hydrogen-bond acceptors (Lipinski definition) is 4. The molecule has 0 saturated heterocycles. The Morgan fingerprint density at radius 2 is 2.23 bits per heavy atom. The van der Waals surface area contributed by atoms with Crippen LogP contribution in [0.25, 0.3) is 0 Å². The van der Waals surface area contributed by atoms with Gasteiger partial charge in [0.15, 0.2) is 5.13 Å². The number of carbonyl (C=O) groups excluding carboxylic acids is 1. The Morgan fingerprint density at radius 1 is 1.42 bits per heavy atom. The van der Waals surface area contributed by atoms with Crippen molar-refractivity contribution >= 4 is 38.9 Å². The van der Waals surface area contributed by atoms with Gasteiger partial charge in [0.25, 0.3) is 5.91 Å². The van der Waals surface area contributed by atoms with Crippen molar-refractivity contribution < 1.29 is 9.18 Å². The Labute approximate surface area is 164 Å². The molecule has 26 heavy (non-hydrogen) atoms. The predicted molar refractivity (Wildman–Crippen MR) is 104 cm³/mol. The first-order valence-electron chi connectivity index (χ1n) is 9.04. The van der Waals surface area contributed by atoms with Gasteiger partial charge in [0, 0.05) is 23.7 Å². The van der Waals surface area contributed by atoms with E-state index in [1.807, 2.05) is 17.9 Å². The first-order valence-corrected chi connectivity index (χ1v) is 10.8. The van der Waals surface area contributed by atoms with Crippen LogP contribution in [0, 0.1) is 11.0 Å². The Bertz CT molecular complexity index is 885. The number of thiophene rings is 1. The van der Waals surface area contributed by atoms with Gasteiger partial charge in [-0.25, -0.2) is 4.99 Å². The average molecular weight is 436 g/mol. The molecule has 1 fully saturated rings. The maximum Gasteiger partial charge on any atom is 0.273 e. The monoisotopic (exact) mass is 435 g/mol. The Balaban J connectivity index is 1.47. The summed E-state index contributed by atoms with van der Waals surface area (Å²) in [6.07, 6.45) is 7.14. The lowest BCUT2D eigenvalue weighted by molar-refractivity contribution is -0.126. The van der Waals surface area contributed by atoms with Gasteiger partial charge in [0.2, 0.25) is 0 Å². The highest BCUT2D eigenvalue weighted by Crippen LogP contribution is 2.43. The molecule has 2 atom stereocenters. The molecule has 5 rings (SSSR count). The summed E-state index contributed by atoms with van der Waals surface area (Å²) >= 11 is 4.85. The SMILES string of the molecule is CC1c2cc(F)sc2CCN1C(=O)C1=NC2=CC(Br)CN2C(C2CC2)=C1. The van der Waals surface area contributed by atoms with E-state index < -0.39 is 0 Å². The van der Waals surface area contributed by atoms with Crippen LogP contribution >= 0.6 is 27.3 Å². The van der Waals surface area contributed by atoms with Gasteiger partial charge in [-0.3, -0.25) is 4.79 Å². The van der Waals surface area contributed by atoms with Crippen molar-refractivity contribution in [2.45, 2.75) is 37.1 Å². The van der Waals surface area contributed by atoms with Gasteiger partial charge in [0.1, 0.15) is 11.5 Å². The summed E-state index contributed by atoms with van der Waals surface area (Å²) in [6.45, 7) is 3.47. The third kappa shape index (κ3) is 2.67. The number of fused-ring (bicyclic) bond motifs is 2. The maximum atomic E-state index is 13.6. The quantitative estimate of drug-likeness (QED) is 0.658. The Hall–Kier alpha value is -1.47. The zero-order valence-corrected chi connectivity index (χ0v) is 16.8. The molecule has 1 aliphatic carbocycles. The minimum Gasteiger partial charge on any atom is -0.330 e. The third-order valence-electron chi connectivity index (χ3n) is 5.58. The van der Waals surface area contributed by atoms with Crippen molar-refractivity contribution in [3.8, 4) is 0 Å². The molecule has 0 N–H and O–H groups in total. The van der Waals surface area contributed by atoms with Crippen molar-refractivity contribution in [3.63, 3.8) is 0 Å². The first-order chi connectivity index (χ1) is 12.5. The lowest BCUT2D eigenvalue weighted by Crippen LogP contribution is -2.43. The fourth-order valence-electron chi connectivity index (χ4n) is 4.07. The summed E-state index contributed by atoms with van der Waals surface area (Å²) in [4.78, 5) is 23.3. The van der Waals surface area contributed by atoms with Gasteiger partial charge >= 0.3 is 0 Å². The number of hydrogen-bond donors (Lipinski definition) is 0. The molecule has 0 bridgehead atoms. The van der Waals surface area contributed by atoms with Gasteiger partial charge < -0.3 is 9.80 Å². The highest BCUT2D eigenvalue weighted by atomic mass is 79.9. The highest BCUT2D eigenvalue weighted by molar-refractivity contribution is 9.09. The molecule has 0 radical (unpaired) electrons. The smallest absolute Gasteiger partial charge is 0.273 e. The number of alkyl halides is 1. The number of allylic oxidation sites excluding steroid dienone is 1. The van der Waals surface area contributed by atoms with E-state index in [-0.39, 0.29) is 21.9 Å². The molecule has 1 aromatic rings. The molecule has 1 aromatic heterocycles. The van der Waals surface area contributed by atoms with Crippen LogP contribution in [0.2, 0.25) is 0 Å². The van der Waals surface area contributed by atoms with E-state index >= 15 is 0 Å². The normalized spacial score (nSPS) is 27.6. The fraction of sp³-hybridized carbons (Fsp3) is 0.474. The average Bonchev–Trinajstić information content (AvgIpc) is 3.27. The standard InChI is InChI=1S/C19H19BrFN3OS/c1-10-13-7-17(21)26-16(13)4-5-23(10)19(25)14-8-15(11-2-3-11)24-9-12(20)6-18(24)22-14/h6-8,10-12H,2-5,9H2,1H3. The predicted octanol–water partition coefficient (Wildman–Crippen LogP) is 4.00. The number of carbonyl (C=O) groups is 1. The Kier molecular flexibility index (Phi) is 3.87. The van der Waals surface area contributed by atoms with Crippen LogP contribution in [0.4, 0.5) is 4.39 Å². The van der Waals surface area contributed by atoms with Crippen LogP contribution in [-0.4, -0.2) is 39.3 Å². The summed E-state index contributed by atoms with van der Waals surface area (Å²) in [5, 5.41) is -0.169. The van der Waals surface area contributed by atoms with Crippen LogP contribution in [0.3, 0.4) is 0 Å². The van der Waals surface area contributed by atoms with Gasteiger partial charge in [-0.15, -0.1) is 11.3 Å². The van der Waals surface area contributed by atoms with Crippen molar-refractivity contribution in [2.24, 2.45) is 10.9 Å². The summed E-state index contributed by atoms with van der Waals surface area (Å²) < 4.78 is 13.6. The van der Waals surface area contributed by atoms with E-state index in [2.05, 4.69) is 31.9 Å². The summed E-state index contributed by atoms with van der Waals surface area (Å²) in [5.41, 5.74) is 2.68. The molecule has 1 saturated carbocycles. The molecule has 4 heterocycles. The molecule has 3 aliphatic heterocycles. The van der Waals surface area contributed by atoms with Crippen molar-refractivity contribution in [2.75, 3.05) is 13.1 Å². The lowest BCUT2D eigenvalue weighted by Gasteiger charge is -2.35. The summed E-state index contributed by atoms with van der Waals surface area (Å²) in [5.74, 6) is 1.38. The zero-order valence-electron chi connectivity index (χ0n) is 14.4. The molecule has 2 unspecified atom stereocenters. The highest BCUT2D eigenvalue weighted by Gasteiger charge is 2.39. The molecule has 0 aromatic carbocycles. The topological polar surface area (TPSA) is 35.9 Å². The van der Waals surface area contributed by atoms with Crippen LogP contribution in [-0.2, 0) is 11.2 Å². The second-order valence-corrected chi connectivity index (χ2v) is 9.61. The van der Waals surface area contributed by atoms with Gasteiger partial charge in [-0.1, -0.05) is 15.9 Å². The van der Waals surface area contributed by atoms with Crippen LogP contribution in [0.1, 0.15) is 36.2 Å². The van der Waals surface area contributed by atoms with E-state index in [4.69, 9.17) is 0 Å². The minimum atomic E-state index is -0.169. The lowest BCUT2D eigenvalue weighted by atomic mass is 10.0. The number of rotatable bonds is 2. The van der Waals surface area contributed by atoms with Crippen molar-refractivity contribution in [1.82, 2.24) is 9.80 Å². The van der Waals surface area contributed by atoms with E-state index in [1.54, 1.807) is 6.07 Å². The molecule has 0 spiro atoms. The van der Waals surface area contributed by atoms with Crippen molar-refractivity contribution in [3.05, 3.63) is 45.3 Å². The second kappa shape index (κ2) is 6.02. The molecule has 7 heteroatoms. The second-order valence-electron chi connectivity index (χ2n) is 7.35. The number of halogens is 2. The van der Waals surface area contributed by atoms with Gasteiger partial charge in [0.05, 0.1) is 10.9 Å². The third-order valence-corrected chi connectivity index (χ3v) is 7.13. The zero-order chi connectivity index (χ0) is 18.0. The summed E-state index contributed by atoms with van der Waals surface area (Å²) in [7, 11) is 0. The molecule has 4 nitrogen and oxygen atoms in total. The van der Waals surface area contributed by atoms with Crippen LogP contribution < -0.4 is 0 Å². The molecule has 1 amide bonds. The van der Waals surface area contributed by atoms with Gasteiger partial charge in [-0.05, 0) is 55.9 Å². The van der Waals surface area contributed by atoms with E-state index in [0.717, 1.165) is 22.8 Å². The molecule has 136 valence electrons. The minimum absolute atomic E-state index is 0.0496. The number of aliphatic imine (C=N–C) groups is 1.